The molecule has 4 heterocycles. The van der Waals surface area contributed by atoms with E-state index in [1.54, 1.807) is 29.5 Å². The highest BCUT2D eigenvalue weighted by Gasteiger charge is 2.22. The fraction of sp³-hybridized carbons (Fsp3) is 0.444. The van der Waals surface area contributed by atoms with Crippen molar-refractivity contribution in [3.05, 3.63) is 47.7 Å². The van der Waals surface area contributed by atoms with E-state index in [9.17, 15) is 4.79 Å². The van der Waals surface area contributed by atoms with E-state index in [-0.39, 0.29) is 11.7 Å². The zero-order valence-electron chi connectivity index (χ0n) is 15.3. The summed E-state index contributed by atoms with van der Waals surface area (Å²) in [6.07, 6.45) is 11.4. The number of imidazole rings is 1. The maximum absolute atomic E-state index is 12.7. The van der Waals surface area contributed by atoms with Crippen LogP contribution in [0.15, 0.2) is 42.1 Å². The highest BCUT2D eigenvalue weighted by Crippen LogP contribution is 2.20. The monoisotopic (exact) mass is 369 g/mol. The van der Waals surface area contributed by atoms with Crippen LogP contribution in [-0.4, -0.2) is 55.1 Å². The molecule has 0 spiro atoms. The van der Waals surface area contributed by atoms with E-state index >= 15 is 0 Å². The molecule has 1 aliphatic heterocycles. The minimum absolute atomic E-state index is 0.194. The molecular weight excluding hydrogens is 346 g/mol. The Morgan fingerprint density at radius 3 is 3.04 bits per heavy atom. The number of anilines is 1. The molecule has 0 radical (unpaired) electrons. The number of hydrogen-bond acceptors (Lipinski definition) is 6. The van der Waals surface area contributed by atoms with E-state index in [4.69, 9.17) is 4.74 Å². The topological polar surface area (TPSA) is 93.9 Å². The number of hydrogen-bond donors (Lipinski definition) is 1. The van der Waals surface area contributed by atoms with Gasteiger partial charge in [-0.1, -0.05) is 6.92 Å². The number of piperidine rings is 1. The molecule has 0 bridgehead atoms. The highest BCUT2D eigenvalue weighted by molar-refractivity contribution is 5.44. The average molecular weight is 369 g/mol. The molecule has 3 aromatic heterocycles. The second kappa shape index (κ2) is 7.75. The van der Waals surface area contributed by atoms with E-state index < -0.39 is 0 Å². The van der Waals surface area contributed by atoms with E-state index in [1.165, 1.54) is 11.0 Å². The molecule has 1 unspecified atom stereocenters. The smallest absolute Gasteiger partial charge is 0.296 e. The van der Waals surface area contributed by atoms with Gasteiger partial charge < -0.3 is 9.64 Å². The number of ether oxygens (including phenoxy) is 1. The first-order valence-corrected chi connectivity index (χ1v) is 9.24. The van der Waals surface area contributed by atoms with Crippen molar-refractivity contribution in [1.29, 1.82) is 0 Å². The van der Waals surface area contributed by atoms with Crippen LogP contribution in [0.25, 0.3) is 11.5 Å². The lowest BCUT2D eigenvalue weighted by atomic mass is 10.1. The van der Waals surface area contributed by atoms with Crippen molar-refractivity contribution in [3.8, 4) is 11.5 Å². The third-order valence-electron chi connectivity index (χ3n) is 4.66. The van der Waals surface area contributed by atoms with Crippen LogP contribution in [0.4, 0.5) is 5.82 Å². The van der Waals surface area contributed by atoms with Gasteiger partial charge in [-0.2, -0.15) is 4.68 Å². The second-order valence-electron chi connectivity index (χ2n) is 6.58. The standard InChI is InChI=1S/C18H23N7O2/c1-2-8-27-14-4-3-6-23(11-14)16-9-17(21-12-20-16)25-18(26)15(10-22-25)24-7-5-19-13-24/h5,7,9-10,12-14,22H,2-4,6,8,11H2,1H3. The first-order chi connectivity index (χ1) is 13.3. The zero-order chi connectivity index (χ0) is 18.6. The zero-order valence-corrected chi connectivity index (χ0v) is 15.3. The molecule has 1 atom stereocenters. The Kier molecular flexibility index (Phi) is 5.01. The lowest BCUT2D eigenvalue weighted by Gasteiger charge is -2.33. The number of nitrogens with one attached hydrogen (secondary N) is 1. The molecule has 0 aromatic carbocycles. The van der Waals surface area contributed by atoms with Gasteiger partial charge in [0.15, 0.2) is 5.82 Å². The quantitative estimate of drug-likeness (QED) is 0.708. The van der Waals surface area contributed by atoms with Crippen molar-refractivity contribution in [2.75, 3.05) is 24.6 Å². The summed E-state index contributed by atoms with van der Waals surface area (Å²) in [5.41, 5.74) is 0.291. The SMILES string of the molecule is CCCOC1CCCN(c2cc(-n3[nH]cc(-n4ccnc4)c3=O)ncn2)C1. The van der Waals surface area contributed by atoms with Crippen LogP contribution in [-0.2, 0) is 4.74 Å². The predicted octanol–water partition coefficient (Wildman–Crippen LogP) is 1.54. The molecule has 1 aliphatic rings. The molecule has 0 aliphatic carbocycles. The number of H-pyrrole nitrogens is 1. The minimum Gasteiger partial charge on any atom is -0.376 e. The molecule has 3 aromatic rings. The van der Waals surface area contributed by atoms with Gasteiger partial charge in [0.2, 0.25) is 0 Å². The second-order valence-corrected chi connectivity index (χ2v) is 6.58. The van der Waals surface area contributed by atoms with Crippen molar-refractivity contribution in [1.82, 2.24) is 29.3 Å². The number of aromatic nitrogens is 6. The van der Waals surface area contributed by atoms with Gasteiger partial charge in [0, 0.05) is 44.4 Å². The summed E-state index contributed by atoms with van der Waals surface area (Å²) < 4.78 is 8.98. The third-order valence-corrected chi connectivity index (χ3v) is 4.66. The Hall–Kier alpha value is -2.94. The first-order valence-electron chi connectivity index (χ1n) is 9.24. The maximum Gasteiger partial charge on any atom is 0.296 e. The van der Waals surface area contributed by atoms with Crippen LogP contribution in [0.2, 0.25) is 0 Å². The van der Waals surface area contributed by atoms with Crippen LogP contribution in [0.3, 0.4) is 0 Å². The summed E-state index contributed by atoms with van der Waals surface area (Å²) in [5, 5.41) is 2.97. The van der Waals surface area contributed by atoms with Crippen molar-refractivity contribution in [2.24, 2.45) is 0 Å². The maximum atomic E-state index is 12.7. The Balaban J connectivity index is 1.57. The third kappa shape index (κ3) is 3.63. The predicted molar refractivity (Wildman–Crippen MR) is 101 cm³/mol. The molecule has 9 heteroatoms. The highest BCUT2D eigenvalue weighted by atomic mass is 16.5. The van der Waals surface area contributed by atoms with Gasteiger partial charge in [-0.15, -0.1) is 0 Å². The van der Waals surface area contributed by atoms with Gasteiger partial charge in [-0.3, -0.25) is 14.5 Å². The summed E-state index contributed by atoms with van der Waals surface area (Å²) >= 11 is 0. The first kappa shape index (κ1) is 17.5. The summed E-state index contributed by atoms with van der Waals surface area (Å²) in [5.74, 6) is 1.31. The number of aromatic amines is 1. The summed E-state index contributed by atoms with van der Waals surface area (Å²) in [6.45, 7) is 4.62. The number of nitrogens with zero attached hydrogens (tertiary/aromatic N) is 6. The normalized spacial score (nSPS) is 17.4. The van der Waals surface area contributed by atoms with E-state index in [0.717, 1.165) is 44.8 Å². The summed E-state index contributed by atoms with van der Waals surface area (Å²) in [6, 6.07) is 1.83. The van der Waals surface area contributed by atoms with Crippen LogP contribution in [0, 0.1) is 0 Å². The van der Waals surface area contributed by atoms with Crippen molar-refractivity contribution >= 4 is 5.82 Å². The van der Waals surface area contributed by atoms with Gasteiger partial charge in [0.1, 0.15) is 17.8 Å². The van der Waals surface area contributed by atoms with Crippen molar-refractivity contribution in [3.63, 3.8) is 0 Å². The molecular formula is C18H23N7O2. The lowest BCUT2D eigenvalue weighted by molar-refractivity contribution is 0.0439. The Morgan fingerprint density at radius 2 is 2.22 bits per heavy atom. The molecule has 0 saturated carbocycles. The van der Waals surface area contributed by atoms with Crippen LogP contribution >= 0.6 is 0 Å². The van der Waals surface area contributed by atoms with Crippen molar-refractivity contribution < 1.29 is 4.74 Å². The van der Waals surface area contributed by atoms with E-state index in [1.807, 2.05) is 6.07 Å². The van der Waals surface area contributed by atoms with Gasteiger partial charge in [-0.25, -0.2) is 15.0 Å². The van der Waals surface area contributed by atoms with E-state index in [2.05, 4.69) is 31.9 Å². The largest absolute Gasteiger partial charge is 0.376 e. The fourth-order valence-corrected chi connectivity index (χ4v) is 3.32. The fourth-order valence-electron chi connectivity index (χ4n) is 3.32. The summed E-state index contributed by atoms with van der Waals surface area (Å²) in [4.78, 5) is 27.6. The molecule has 27 heavy (non-hydrogen) atoms. The van der Waals surface area contributed by atoms with Crippen LogP contribution in [0.5, 0.6) is 0 Å². The summed E-state index contributed by atoms with van der Waals surface area (Å²) in [7, 11) is 0. The van der Waals surface area contributed by atoms with Crippen LogP contribution < -0.4 is 10.5 Å². The average Bonchev–Trinajstić information content (AvgIpc) is 3.36. The Morgan fingerprint density at radius 1 is 1.33 bits per heavy atom. The number of rotatable bonds is 6. The van der Waals surface area contributed by atoms with Crippen molar-refractivity contribution in [2.45, 2.75) is 32.3 Å². The Bertz CT molecular complexity index is 931. The van der Waals surface area contributed by atoms with Crippen LogP contribution in [0.1, 0.15) is 26.2 Å². The molecule has 1 saturated heterocycles. The van der Waals surface area contributed by atoms with Gasteiger partial charge in [-0.05, 0) is 19.3 Å². The van der Waals surface area contributed by atoms with Gasteiger partial charge in [0.25, 0.3) is 5.56 Å². The minimum atomic E-state index is -0.194. The molecule has 9 nitrogen and oxygen atoms in total. The van der Waals surface area contributed by atoms with Gasteiger partial charge in [0.05, 0.1) is 12.4 Å². The Labute approximate surface area is 156 Å². The molecule has 1 N–H and O–H groups in total. The molecule has 1 fully saturated rings. The lowest BCUT2D eigenvalue weighted by Crippen LogP contribution is -2.40. The molecule has 142 valence electrons. The van der Waals surface area contributed by atoms with E-state index in [0.29, 0.717) is 11.5 Å². The molecule has 0 amide bonds. The van der Waals surface area contributed by atoms with Gasteiger partial charge >= 0.3 is 0 Å². The molecule has 4 rings (SSSR count).